The fraction of sp³-hybridized carbons (Fsp3) is 0.385. The number of allylic oxidation sites excluding steroid dienone is 1. The molecule has 2 N–H and O–H groups in total. The first-order valence-electron chi connectivity index (χ1n) is 5.08. The van der Waals surface area contributed by atoms with Gasteiger partial charge in [0.1, 0.15) is 0 Å². The molecule has 0 aliphatic carbocycles. The predicted molar refractivity (Wildman–Crippen MR) is 69.5 cm³/mol. The maximum atomic E-state index is 6.10. The molecule has 1 aromatic rings. The number of hydrogen-bond donors (Lipinski definition) is 1. The van der Waals surface area contributed by atoms with E-state index in [0.29, 0.717) is 0 Å². The molecule has 0 aliphatic rings. The van der Waals surface area contributed by atoms with Crippen LogP contribution in [0.25, 0.3) is 0 Å². The molecule has 0 bridgehead atoms. The topological polar surface area (TPSA) is 26.0 Å². The lowest BCUT2D eigenvalue weighted by Gasteiger charge is -2.14. The van der Waals surface area contributed by atoms with E-state index in [9.17, 15) is 0 Å². The van der Waals surface area contributed by atoms with E-state index in [1.54, 1.807) is 0 Å². The summed E-state index contributed by atoms with van der Waals surface area (Å²) < 4.78 is 0. The van der Waals surface area contributed by atoms with Gasteiger partial charge in [0.25, 0.3) is 0 Å². The standard InChI is InChI=1S/C13H19N.ClH/c1-4-5-6-13(14)12-9-10(2)7-8-11(12)3;/h4,7-9,13H,1,5-6,14H2,2-3H3;1H/t13-;/m1./s1. The van der Waals surface area contributed by atoms with Crippen molar-refractivity contribution in [1.29, 1.82) is 0 Å². The molecule has 0 spiro atoms. The highest BCUT2D eigenvalue weighted by Crippen LogP contribution is 2.20. The average Bonchev–Trinajstić information content (AvgIpc) is 2.18. The Morgan fingerprint density at radius 1 is 1.40 bits per heavy atom. The molecule has 0 radical (unpaired) electrons. The highest BCUT2D eigenvalue weighted by Gasteiger charge is 2.07. The van der Waals surface area contributed by atoms with Crippen LogP contribution in [0, 0.1) is 13.8 Å². The monoisotopic (exact) mass is 225 g/mol. The van der Waals surface area contributed by atoms with Crippen LogP contribution in [0.3, 0.4) is 0 Å². The first-order valence-corrected chi connectivity index (χ1v) is 5.08. The predicted octanol–water partition coefficient (Wildman–Crippen LogP) is 3.69. The van der Waals surface area contributed by atoms with Gasteiger partial charge in [-0.2, -0.15) is 0 Å². The molecule has 84 valence electrons. The zero-order valence-corrected chi connectivity index (χ0v) is 10.3. The highest BCUT2D eigenvalue weighted by atomic mass is 35.5. The van der Waals surface area contributed by atoms with Gasteiger partial charge in [-0.1, -0.05) is 29.8 Å². The molecular weight excluding hydrogens is 206 g/mol. The van der Waals surface area contributed by atoms with Gasteiger partial charge in [-0.15, -0.1) is 19.0 Å². The molecular formula is C13H20ClN. The third-order valence-corrected chi connectivity index (χ3v) is 2.52. The van der Waals surface area contributed by atoms with E-state index in [1.807, 2.05) is 6.08 Å². The number of benzene rings is 1. The zero-order valence-electron chi connectivity index (χ0n) is 9.49. The van der Waals surface area contributed by atoms with Gasteiger partial charge in [0, 0.05) is 6.04 Å². The van der Waals surface area contributed by atoms with Crippen molar-refractivity contribution in [2.75, 3.05) is 0 Å². The second-order valence-corrected chi connectivity index (χ2v) is 3.83. The summed E-state index contributed by atoms with van der Waals surface area (Å²) in [5.74, 6) is 0. The van der Waals surface area contributed by atoms with E-state index in [-0.39, 0.29) is 18.4 Å². The van der Waals surface area contributed by atoms with Gasteiger partial charge in [-0.05, 0) is 37.8 Å². The molecule has 0 aromatic heterocycles. The Morgan fingerprint density at radius 2 is 2.07 bits per heavy atom. The normalized spacial score (nSPS) is 11.7. The van der Waals surface area contributed by atoms with Crippen LogP contribution in [0.5, 0.6) is 0 Å². The number of hydrogen-bond acceptors (Lipinski definition) is 1. The molecule has 0 saturated heterocycles. The molecule has 15 heavy (non-hydrogen) atoms. The molecule has 0 unspecified atom stereocenters. The Hall–Kier alpha value is -0.790. The van der Waals surface area contributed by atoms with Gasteiger partial charge in [0.05, 0.1) is 0 Å². The van der Waals surface area contributed by atoms with E-state index in [4.69, 9.17) is 5.73 Å². The molecule has 1 aromatic carbocycles. The number of aryl methyl sites for hydroxylation is 2. The Morgan fingerprint density at radius 3 is 2.67 bits per heavy atom. The molecule has 0 aliphatic heterocycles. The molecule has 0 saturated carbocycles. The van der Waals surface area contributed by atoms with Crippen molar-refractivity contribution in [1.82, 2.24) is 0 Å². The summed E-state index contributed by atoms with van der Waals surface area (Å²) in [6.45, 7) is 7.92. The largest absolute Gasteiger partial charge is 0.324 e. The molecule has 0 fully saturated rings. The smallest absolute Gasteiger partial charge is 0.0300 e. The Kier molecular flexibility index (Phi) is 6.30. The quantitative estimate of drug-likeness (QED) is 0.778. The maximum Gasteiger partial charge on any atom is 0.0300 e. The summed E-state index contributed by atoms with van der Waals surface area (Å²) >= 11 is 0. The lowest BCUT2D eigenvalue weighted by molar-refractivity contribution is 0.657. The van der Waals surface area contributed by atoms with Crippen molar-refractivity contribution in [2.45, 2.75) is 32.7 Å². The average molecular weight is 226 g/mol. The van der Waals surface area contributed by atoms with Gasteiger partial charge in [0.15, 0.2) is 0 Å². The van der Waals surface area contributed by atoms with Crippen LogP contribution in [-0.2, 0) is 0 Å². The second-order valence-electron chi connectivity index (χ2n) is 3.83. The van der Waals surface area contributed by atoms with Gasteiger partial charge >= 0.3 is 0 Å². The van der Waals surface area contributed by atoms with Crippen molar-refractivity contribution in [2.24, 2.45) is 5.73 Å². The molecule has 0 amide bonds. The van der Waals surface area contributed by atoms with Crippen molar-refractivity contribution >= 4 is 12.4 Å². The lowest BCUT2D eigenvalue weighted by Crippen LogP contribution is -2.11. The van der Waals surface area contributed by atoms with E-state index in [2.05, 4.69) is 38.6 Å². The van der Waals surface area contributed by atoms with Crippen molar-refractivity contribution in [3.8, 4) is 0 Å². The van der Waals surface area contributed by atoms with Crippen molar-refractivity contribution < 1.29 is 0 Å². The van der Waals surface area contributed by atoms with Crippen LogP contribution in [0.2, 0.25) is 0 Å². The Labute approximate surface area is 98.8 Å². The van der Waals surface area contributed by atoms with Crippen LogP contribution in [0.1, 0.15) is 35.6 Å². The van der Waals surface area contributed by atoms with Crippen LogP contribution in [0.4, 0.5) is 0 Å². The fourth-order valence-corrected chi connectivity index (χ4v) is 1.61. The third kappa shape index (κ3) is 4.06. The van der Waals surface area contributed by atoms with Gasteiger partial charge in [-0.3, -0.25) is 0 Å². The second kappa shape index (κ2) is 6.65. The fourth-order valence-electron chi connectivity index (χ4n) is 1.61. The minimum atomic E-state index is 0. The van der Waals surface area contributed by atoms with E-state index in [0.717, 1.165) is 12.8 Å². The summed E-state index contributed by atoms with van der Waals surface area (Å²) in [6, 6.07) is 6.59. The van der Waals surface area contributed by atoms with Crippen LogP contribution in [0.15, 0.2) is 30.9 Å². The summed E-state index contributed by atoms with van der Waals surface area (Å²) in [5, 5.41) is 0. The minimum Gasteiger partial charge on any atom is -0.324 e. The van der Waals surface area contributed by atoms with Crippen LogP contribution < -0.4 is 5.73 Å². The van der Waals surface area contributed by atoms with Gasteiger partial charge < -0.3 is 5.73 Å². The van der Waals surface area contributed by atoms with Gasteiger partial charge in [-0.25, -0.2) is 0 Å². The van der Waals surface area contributed by atoms with E-state index >= 15 is 0 Å². The highest BCUT2D eigenvalue weighted by molar-refractivity contribution is 5.85. The van der Waals surface area contributed by atoms with Crippen molar-refractivity contribution in [3.05, 3.63) is 47.5 Å². The van der Waals surface area contributed by atoms with Crippen LogP contribution >= 0.6 is 12.4 Å². The van der Waals surface area contributed by atoms with E-state index < -0.39 is 0 Å². The molecule has 1 rings (SSSR count). The minimum absolute atomic E-state index is 0. The summed E-state index contributed by atoms with van der Waals surface area (Å²) in [5.41, 5.74) is 9.94. The molecule has 0 heterocycles. The molecule has 1 atom stereocenters. The zero-order chi connectivity index (χ0) is 10.6. The molecule has 2 heteroatoms. The first-order chi connectivity index (χ1) is 6.65. The molecule has 1 nitrogen and oxygen atoms in total. The Balaban J connectivity index is 0.00000196. The number of nitrogens with two attached hydrogens (primary N) is 1. The SMILES string of the molecule is C=CCC[C@@H](N)c1cc(C)ccc1C.Cl. The number of rotatable bonds is 4. The van der Waals surface area contributed by atoms with Crippen LogP contribution in [-0.4, -0.2) is 0 Å². The maximum absolute atomic E-state index is 6.10. The number of halogens is 1. The lowest BCUT2D eigenvalue weighted by atomic mass is 9.96. The Bertz CT molecular complexity index is 320. The first kappa shape index (κ1) is 14.2. The summed E-state index contributed by atoms with van der Waals surface area (Å²) in [7, 11) is 0. The summed E-state index contributed by atoms with van der Waals surface area (Å²) in [4.78, 5) is 0. The van der Waals surface area contributed by atoms with Crippen molar-refractivity contribution in [3.63, 3.8) is 0 Å². The third-order valence-electron chi connectivity index (χ3n) is 2.52. The van der Waals surface area contributed by atoms with E-state index in [1.165, 1.54) is 16.7 Å². The summed E-state index contributed by atoms with van der Waals surface area (Å²) in [6.07, 6.45) is 3.88. The van der Waals surface area contributed by atoms with Gasteiger partial charge in [0.2, 0.25) is 0 Å².